The monoisotopic (exact) mass is 161 g/mol. The molecule has 0 saturated carbocycles. The van der Waals surface area contributed by atoms with Crippen LogP contribution in [0.5, 0.6) is 0 Å². The summed E-state index contributed by atoms with van der Waals surface area (Å²) in [5, 5.41) is 3.34. The third-order valence-electron chi connectivity index (χ3n) is 1.94. The Morgan fingerprint density at radius 1 is 1.50 bits per heavy atom. The Morgan fingerprint density at radius 2 is 2.42 bits per heavy atom. The molecule has 1 aliphatic rings. The number of aromatic nitrogens is 2. The summed E-state index contributed by atoms with van der Waals surface area (Å²) in [6.07, 6.45) is 4.90. The zero-order chi connectivity index (χ0) is 8.39. The van der Waals surface area contributed by atoms with Gasteiger partial charge in [0.15, 0.2) is 0 Å². The Labute approximate surface area is 69.1 Å². The first-order valence-corrected chi connectivity index (χ1v) is 3.80. The lowest BCUT2D eigenvalue weighted by molar-refractivity contribution is 0.899. The number of rotatable bonds is 1. The Balaban J connectivity index is 2.45. The van der Waals surface area contributed by atoms with Gasteiger partial charge in [0.05, 0.1) is 0 Å². The highest BCUT2D eigenvalue weighted by molar-refractivity contribution is 5.27. The maximum atomic E-state index is 8.15. The molecule has 0 saturated heterocycles. The van der Waals surface area contributed by atoms with Gasteiger partial charge in [0, 0.05) is 16.8 Å². The Bertz CT molecular complexity index is 353. The summed E-state index contributed by atoms with van der Waals surface area (Å²) in [5.74, 6) is 0.234. The van der Waals surface area contributed by atoms with Crippen molar-refractivity contribution in [1.29, 1.82) is 0 Å². The minimum Gasteiger partial charge on any atom is -0.235 e. The van der Waals surface area contributed by atoms with Gasteiger partial charge in [0.25, 0.3) is 0 Å². The normalized spacial score (nSPS) is 13.7. The van der Waals surface area contributed by atoms with Crippen LogP contribution in [0.4, 0.5) is 5.95 Å². The molecule has 0 bridgehead atoms. The molecule has 0 unspecified atom stereocenters. The van der Waals surface area contributed by atoms with Crippen LogP contribution in [0.15, 0.2) is 11.3 Å². The van der Waals surface area contributed by atoms with Crippen molar-refractivity contribution in [3.8, 4) is 0 Å². The van der Waals surface area contributed by atoms with Crippen molar-refractivity contribution in [2.75, 3.05) is 0 Å². The smallest absolute Gasteiger partial charge is 0.216 e. The van der Waals surface area contributed by atoms with E-state index in [0.29, 0.717) is 0 Å². The maximum absolute atomic E-state index is 8.15. The maximum Gasteiger partial charge on any atom is 0.216 e. The van der Waals surface area contributed by atoms with E-state index in [-0.39, 0.29) is 5.95 Å². The molecule has 0 fully saturated rings. The van der Waals surface area contributed by atoms with Crippen molar-refractivity contribution in [2.24, 2.45) is 5.11 Å². The van der Waals surface area contributed by atoms with Gasteiger partial charge in [-0.15, -0.1) is 0 Å². The molecule has 1 aromatic rings. The Kier molecular flexibility index (Phi) is 1.64. The van der Waals surface area contributed by atoms with E-state index in [2.05, 4.69) is 20.0 Å². The Hall–Kier alpha value is -1.61. The standard InChI is InChI=1S/C7H7N5/c8-12-11-7-9-4-5-2-1-3-6(5)10-7/h4H,1-3H2. The molecule has 5 nitrogen and oxygen atoms in total. The fourth-order valence-corrected chi connectivity index (χ4v) is 1.39. The first-order chi connectivity index (χ1) is 5.90. The fourth-order valence-electron chi connectivity index (χ4n) is 1.39. The van der Waals surface area contributed by atoms with Gasteiger partial charge >= 0.3 is 0 Å². The van der Waals surface area contributed by atoms with E-state index in [4.69, 9.17) is 5.53 Å². The highest BCUT2D eigenvalue weighted by atomic mass is 15.2. The van der Waals surface area contributed by atoms with Crippen LogP contribution in [0.1, 0.15) is 17.7 Å². The summed E-state index contributed by atoms with van der Waals surface area (Å²) in [6, 6.07) is 0. The fraction of sp³-hybridized carbons (Fsp3) is 0.429. The predicted molar refractivity (Wildman–Crippen MR) is 42.9 cm³/mol. The molecule has 0 atom stereocenters. The molecule has 60 valence electrons. The quantitative estimate of drug-likeness (QED) is 0.358. The summed E-state index contributed by atoms with van der Waals surface area (Å²) in [5.41, 5.74) is 10.4. The van der Waals surface area contributed by atoms with E-state index < -0.39 is 0 Å². The average molecular weight is 161 g/mol. The van der Waals surface area contributed by atoms with Crippen molar-refractivity contribution in [3.05, 3.63) is 27.9 Å². The van der Waals surface area contributed by atoms with Crippen LogP contribution in [0.25, 0.3) is 10.4 Å². The van der Waals surface area contributed by atoms with Crippen molar-refractivity contribution >= 4 is 5.95 Å². The topological polar surface area (TPSA) is 74.5 Å². The van der Waals surface area contributed by atoms with Crippen LogP contribution in [-0.2, 0) is 12.8 Å². The molecular weight excluding hydrogens is 154 g/mol. The lowest BCUT2D eigenvalue weighted by Gasteiger charge is -1.96. The highest BCUT2D eigenvalue weighted by Gasteiger charge is 2.12. The molecule has 0 amide bonds. The van der Waals surface area contributed by atoms with Crippen molar-refractivity contribution in [1.82, 2.24) is 9.97 Å². The van der Waals surface area contributed by atoms with Gasteiger partial charge < -0.3 is 0 Å². The van der Waals surface area contributed by atoms with Crippen LogP contribution < -0.4 is 0 Å². The van der Waals surface area contributed by atoms with E-state index in [1.54, 1.807) is 6.20 Å². The van der Waals surface area contributed by atoms with Gasteiger partial charge in [0.1, 0.15) is 0 Å². The van der Waals surface area contributed by atoms with E-state index in [1.807, 2.05) is 0 Å². The van der Waals surface area contributed by atoms with E-state index in [9.17, 15) is 0 Å². The largest absolute Gasteiger partial charge is 0.235 e. The predicted octanol–water partition coefficient (Wildman–Crippen LogP) is 1.91. The van der Waals surface area contributed by atoms with E-state index in [0.717, 1.165) is 25.0 Å². The summed E-state index contributed by atoms with van der Waals surface area (Å²) in [7, 11) is 0. The minimum atomic E-state index is 0.234. The van der Waals surface area contributed by atoms with E-state index >= 15 is 0 Å². The lowest BCUT2D eigenvalue weighted by atomic mass is 10.3. The number of hydrogen-bond donors (Lipinski definition) is 0. The summed E-state index contributed by atoms with van der Waals surface area (Å²) in [6.45, 7) is 0. The number of nitrogens with zero attached hydrogens (tertiary/aromatic N) is 5. The second-order valence-corrected chi connectivity index (χ2v) is 2.68. The minimum absolute atomic E-state index is 0.234. The van der Waals surface area contributed by atoms with Crippen molar-refractivity contribution in [2.45, 2.75) is 19.3 Å². The van der Waals surface area contributed by atoms with Gasteiger partial charge in [-0.1, -0.05) is 0 Å². The first-order valence-electron chi connectivity index (χ1n) is 3.80. The van der Waals surface area contributed by atoms with Crippen molar-refractivity contribution in [3.63, 3.8) is 0 Å². The third kappa shape index (κ3) is 1.10. The number of fused-ring (bicyclic) bond motifs is 1. The van der Waals surface area contributed by atoms with Crippen LogP contribution in [0, 0.1) is 0 Å². The molecule has 1 aromatic heterocycles. The van der Waals surface area contributed by atoms with Crippen molar-refractivity contribution < 1.29 is 0 Å². The average Bonchev–Trinajstić information content (AvgIpc) is 2.51. The Morgan fingerprint density at radius 3 is 3.25 bits per heavy atom. The molecule has 1 heterocycles. The molecule has 0 radical (unpaired) electrons. The molecule has 0 spiro atoms. The second-order valence-electron chi connectivity index (χ2n) is 2.68. The van der Waals surface area contributed by atoms with Gasteiger partial charge in [-0.2, -0.15) is 0 Å². The molecular formula is C7H7N5. The molecule has 2 rings (SSSR count). The zero-order valence-corrected chi connectivity index (χ0v) is 6.43. The van der Waals surface area contributed by atoms with Gasteiger partial charge in [-0.05, 0) is 35.5 Å². The van der Waals surface area contributed by atoms with Crippen LogP contribution in [-0.4, -0.2) is 9.97 Å². The second kappa shape index (κ2) is 2.79. The highest BCUT2D eigenvalue weighted by Crippen LogP contribution is 2.20. The van der Waals surface area contributed by atoms with E-state index in [1.165, 1.54) is 5.56 Å². The number of aryl methyl sites for hydroxylation is 2. The van der Waals surface area contributed by atoms with Crippen LogP contribution in [0.2, 0.25) is 0 Å². The van der Waals surface area contributed by atoms with Gasteiger partial charge in [-0.25, -0.2) is 9.97 Å². The lowest BCUT2D eigenvalue weighted by Crippen LogP contribution is -1.89. The molecule has 0 N–H and O–H groups in total. The third-order valence-corrected chi connectivity index (χ3v) is 1.94. The molecule has 0 aromatic carbocycles. The molecule has 5 heteroatoms. The molecule has 12 heavy (non-hydrogen) atoms. The number of azide groups is 1. The number of hydrogen-bond acceptors (Lipinski definition) is 3. The summed E-state index contributed by atoms with van der Waals surface area (Å²) < 4.78 is 0. The summed E-state index contributed by atoms with van der Waals surface area (Å²) >= 11 is 0. The van der Waals surface area contributed by atoms with Crippen LogP contribution >= 0.6 is 0 Å². The first kappa shape index (κ1) is 7.06. The van der Waals surface area contributed by atoms with Gasteiger partial charge in [0.2, 0.25) is 5.95 Å². The molecule has 0 aliphatic heterocycles. The SMILES string of the molecule is [N-]=[N+]=Nc1ncc2c(n1)CCC2. The van der Waals surface area contributed by atoms with Crippen LogP contribution in [0.3, 0.4) is 0 Å². The summed E-state index contributed by atoms with van der Waals surface area (Å²) in [4.78, 5) is 10.7. The van der Waals surface area contributed by atoms with Gasteiger partial charge in [-0.3, -0.25) is 0 Å². The molecule has 1 aliphatic carbocycles. The zero-order valence-electron chi connectivity index (χ0n) is 6.43.